The third-order valence-corrected chi connectivity index (χ3v) is 5.73. The number of halogens is 1. The third-order valence-electron chi connectivity index (χ3n) is 5.49. The zero-order chi connectivity index (χ0) is 21.3. The maximum atomic E-state index is 13.3. The van der Waals surface area contributed by atoms with E-state index in [0.29, 0.717) is 39.2 Å². The lowest BCUT2D eigenvalue weighted by atomic mass is 9.87. The van der Waals surface area contributed by atoms with E-state index in [1.807, 2.05) is 13.8 Å². The van der Waals surface area contributed by atoms with Crippen molar-refractivity contribution in [3.05, 3.63) is 64.3 Å². The highest BCUT2D eigenvalue weighted by atomic mass is 35.5. The van der Waals surface area contributed by atoms with E-state index < -0.39 is 11.9 Å². The molecule has 0 aliphatic rings. The van der Waals surface area contributed by atoms with Crippen LogP contribution in [0.15, 0.2) is 42.5 Å². The predicted molar refractivity (Wildman–Crippen MR) is 114 cm³/mol. The predicted octanol–water partition coefficient (Wildman–Crippen LogP) is 5.60. The molecular formula is C23H24ClNO4. The SMILES string of the molecule is CCC(C)C[C@H](C(=O)O)c1c(C)n(C(=O)c2cccc(Cl)c2)c2ccc(O)cc12. The topological polar surface area (TPSA) is 79.5 Å². The van der Waals surface area contributed by atoms with Crippen LogP contribution in [-0.2, 0) is 4.79 Å². The van der Waals surface area contributed by atoms with Gasteiger partial charge in [-0.1, -0.05) is 37.9 Å². The van der Waals surface area contributed by atoms with Crippen LogP contribution in [0.3, 0.4) is 0 Å². The van der Waals surface area contributed by atoms with Crippen LogP contribution in [0, 0.1) is 12.8 Å². The number of carbonyl (C=O) groups excluding carboxylic acids is 1. The zero-order valence-electron chi connectivity index (χ0n) is 16.6. The normalized spacial score (nSPS) is 13.4. The van der Waals surface area contributed by atoms with Gasteiger partial charge in [-0.05, 0) is 61.2 Å². The van der Waals surface area contributed by atoms with E-state index in [1.165, 1.54) is 16.7 Å². The number of aliphatic carboxylic acids is 1. The van der Waals surface area contributed by atoms with Gasteiger partial charge in [-0.25, -0.2) is 0 Å². The van der Waals surface area contributed by atoms with Gasteiger partial charge in [-0.3, -0.25) is 14.2 Å². The van der Waals surface area contributed by atoms with Crippen LogP contribution in [0.4, 0.5) is 0 Å². The molecule has 1 aromatic heterocycles. The molecule has 0 saturated carbocycles. The smallest absolute Gasteiger partial charge is 0.311 e. The molecule has 29 heavy (non-hydrogen) atoms. The number of hydrogen-bond acceptors (Lipinski definition) is 3. The number of carboxylic acid groups (broad SMARTS) is 1. The number of hydrogen-bond donors (Lipinski definition) is 2. The second-order valence-electron chi connectivity index (χ2n) is 7.49. The second-order valence-corrected chi connectivity index (χ2v) is 7.93. The summed E-state index contributed by atoms with van der Waals surface area (Å²) in [7, 11) is 0. The molecule has 0 aliphatic carbocycles. The van der Waals surface area contributed by atoms with E-state index in [-0.39, 0.29) is 17.6 Å². The lowest BCUT2D eigenvalue weighted by Gasteiger charge is -2.17. The van der Waals surface area contributed by atoms with Crippen molar-refractivity contribution in [2.45, 2.75) is 39.5 Å². The van der Waals surface area contributed by atoms with Gasteiger partial charge in [0, 0.05) is 21.7 Å². The van der Waals surface area contributed by atoms with E-state index in [0.717, 1.165) is 6.42 Å². The van der Waals surface area contributed by atoms with Gasteiger partial charge < -0.3 is 10.2 Å². The molecule has 0 fully saturated rings. The van der Waals surface area contributed by atoms with Crippen LogP contribution >= 0.6 is 11.6 Å². The number of rotatable bonds is 6. The quantitative estimate of drug-likeness (QED) is 0.551. The van der Waals surface area contributed by atoms with E-state index in [2.05, 4.69) is 0 Å². The standard InChI is InChI=1S/C23H24ClNO4/c1-4-13(2)10-19(23(28)29)21-14(3)25(20-9-8-17(26)12-18(20)21)22(27)15-6-5-7-16(24)11-15/h5-9,11-13,19,26H,4,10H2,1-3H3,(H,28,29)/t13?,19-/m0/s1. The van der Waals surface area contributed by atoms with E-state index in [4.69, 9.17) is 11.6 Å². The Morgan fingerprint density at radius 2 is 1.90 bits per heavy atom. The summed E-state index contributed by atoms with van der Waals surface area (Å²) in [6.45, 7) is 5.79. The summed E-state index contributed by atoms with van der Waals surface area (Å²) >= 11 is 6.05. The van der Waals surface area contributed by atoms with Crippen LogP contribution in [0.5, 0.6) is 5.75 Å². The molecule has 2 N–H and O–H groups in total. The van der Waals surface area contributed by atoms with Crippen LogP contribution in [0.25, 0.3) is 10.9 Å². The fraction of sp³-hybridized carbons (Fsp3) is 0.304. The summed E-state index contributed by atoms with van der Waals surface area (Å²) in [6.07, 6.45) is 1.31. The van der Waals surface area contributed by atoms with Gasteiger partial charge >= 0.3 is 5.97 Å². The summed E-state index contributed by atoms with van der Waals surface area (Å²) in [5.74, 6) is -1.78. The van der Waals surface area contributed by atoms with Gasteiger partial charge in [-0.2, -0.15) is 0 Å². The zero-order valence-corrected chi connectivity index (χ0v) is 17.4. The largest absolute Gasteiger partial charge is 0.508 e. The van der Waals surface area contributed by atoms with Crippen LogP contribution in [-0.4, -0.2) is 26.7 Å². The summed E-state index contributed by atoms with van der Waals surface area (Å²) in [6, 6.07) is 11.3. The van der Waals surface area contributed by atoms with Crippen LogP contribution in [0.2, 0.25) is 5.02 Å². The molecule has 0 saturated heterocycles. The second kappa shape index (κ2) is 8.29. The maximum absolute atomic E-state index is 13.3. The molecule has 2 aromatic carbocycles. The Bertz CT molecular complexity index is 1090. The monoisotopic (exact) mass is 413 g/mol. The van der Waals surface area contributed by atoms with Gasteiger partial charge in [0.15, 0.2) is 0 Å². The van der Waals surface area contributed by atoms with Crippen molar-refractivity contribution in [1.82, 2.24) is 4.57 Å². The van der Waals surface area contributed by atoms with Crippen molar-refractivity contribution in [3.8, 4) is 5.75 Å². The third kappa shape index (κ3) is 4.01. The molecule has 6 heteroatoms. The number of carbonyl (C=O) groups is 2. The highest BCUT2D eigenvalue weighted by Crippen LogP contribution is 2.38. The van der Waals surface area contributed by atoms with Crippen molar-refractivity contribution in [2.75, 3.05) is 0 Å². The Kier molecular flexibility index (Phi) is 5.99. The number of aromatic nitrogens is 1. The molecule has 1 unspecified atom stereocenters. The van der Waals surface area contributed by atoms with Crippen molar-refractivity contribution < 1.29 is 19.8 Å². The molecule has 152 valence electrons. The Morgan fingerprint density at radius 3 is 2.52 bits per heavy atom. The molecule has 0 amide bonds. The molecular weight excluding hydrogens is 390 g/mol. The molecule has 0 radical (unpaired) electrons. The molecule has 5 nitrogen and oxygen atoms in total. The van der Waals surface area contributed by atoms with Gasteiger partial charge in [0.25, 0.3) is 5.91 Å². The fourth-order valence-corrected chi connectivity index (χ4v) is 3.98. The first kappa shape index (κ1) is 20.9. The summed E-state index contributed by atoms with van der Waals surface area (Å²) < 4.78 is 1.52. The Balaban J connectivity index is 2.26. The van der Waals surface area contributed by atoms with Crippen molar-refractivity contribution >= 4 is 34.4 Å². The summed E-state index contributed by atoms with van der Waals surface area (Å²) in [5.41, 5.74) is 2.10. The first-order valence-corrected chi connectivity index (χ1v) is 9.99. The molecule has 2 atom stereocenters. The van der Waals surface area contributed by atoms with Crippen molar-refractivity contribution in [2.24, 2.45) is 5.92 Å². The molecule has 1 heterocycles. The highest BCUT2D eigenvalue weighted by molar-refractivity contribution is 6.31. The fourth-order valence-electron chi connectivity index (χ4n) is 3.79. The average Bonchev–Trinajstić information content (AvgIpc) is 2.96. The maximum Gasteiger partial charge on any atom is 0.311 e. The lowest BCUT2D eigenvalue weighted by Crippen LogP contribution is -2.18. The molecule has 0 spiro atoms. The van der Waals surface area contributed by atoms with E-state index in [1.54, 1.807) is 37.3 Å². The molecule has 3 rings (SSSR count). The summed E-state index contributed by atoms with van der Waals surface area (Å²) in [5, 5.41) is 21.0. The number of carboxylic acids is 1. The number of phenolic OH excluding ortho intramolecular Hbond substituents is 1. The van der Waals surface area contributed by atoms with Crippen molar-refractivity contribution in [1.29, 1.82) is 0 Å². The number of aromatic hydroxyl groups is 1. The van der Waals surface area contributed by atoms with E-state index >= 15 is 0 Å². The lowest BCUT2D eigenvalue weighted by molar-refractivity contribution is -0.139. The molecule has 0 bridgehead atoms. The Hall–Kier alpha value is -2.79. The highest BCUT2D eigenvalue weighted by Gasteiger charge is 2.30. The number of benzene rings is 2. The first-order valence-electron chi connectivity index (χ1n) is 9.61. The molecule has 3 aromatic rings. The average molecular weight is 414 g/mol. The minimum atomic E-state index is -0.939. The number of fused-ring (bicyclic) bond motifs is 1. The van der Waals surface area contributed by atoms with E-state index in [9.17, 15) is 19.8 Å². The Labute approximate surface area is 174 Å². The summed E-state index contributed by atoms with van der Waals surface area (Å²) in [4.78, 5) is 25.4. The van der Waals surface area contributed by atoms with Crippen LogP contribution < -0.4 is 0 Å². The Morgan fingerprint density at radius 1 is 1.17 bits per heavy atom. The minimum absolute atomic E-state index is 0.0267. The first-order chi connectivity index (χ1) is 13.7. The number of phenols is 1. The van der Waals surface area contributed by atoms with Gasteiger partial charge in [0.1, 0.15) is 5.75 Å². The van der Waals surface area contributed by atoms with Crippen molar-refractivity contribution in [3.63, 3.8) is 0 Å². The minimum Gasteiger partial charge on any atom is -0.508 e. The van der Waals surface area contributed by atoms with Gasteiger partial charge in [0.2, 0.25) is 0 Å². The van der Waals surface area contributed by atoms with Gasteiger partial charge in [-0.15, -0.1) is 0 Å². The number of nitrogens with zero attached hydrogens (tertiary/aromatic N) is 1. The van der Waals surface area contributed by atoms with Gasteiger partial charge in [0.05, 0.1) is 11.4 Å². The molecule has 0 aliphatic heterocycles. The van der Waals surface area contributed by atoms with Crippen LogP contribution in [0.1, 0.15) is 54.2 Å².